The molecule has 1 atom stereocenters. The number of nitrogens with two attached hydrogens (primary N) is 1. The third-order valence-corrected chi connectivity index (χ3v) is 6.50. The third kappa shape index (κ3) is 5.75. The number of rotatable bonds is 6. The average molecular weight is 444 g/mol. The number of benzene rings is 1. The molecule has 172 valence electrons. The van der Waals surface area contributed by atoms with Gasteiger partial charge in [0.1, 0.15) is 0 Å². The molecule has 0 radical (unpaired) electrons. The number of nitrogen functional groups attached to an aromatic ring is 1. The van der Waals surface area contributed by atoms with Crippen LogP contribution in [-0.2, 0) is 17.6 Å². The molecule has 0 unspecified atom stereocenters. The van der Waals surface area contributed by atoms with Gasteiger partial charge in [-0.1, -0.05) is 30.3 Å². The maximum atomic E-state index is 13.1. The van der Waals surface area contributed by atoms with Gasteiger partial charge in [-0.3, -0.25) is 9.78 Å². The van der Waals surface area contributed by atoms with Crippen molar-refractivity contribution < 1.29 is 4.79 Å². The van der Waals surface area contributed by atoms with Gasteiger partial charge >= 0.3 is 0 Å². The molecule has 3 heterocycles. The fourth-order valence-electron chi connectivity index (χ4n) is 4.87. The van der Waals surface area contributed by atoms with E-state index in [1.165, 1.54) is 11.1 Å². The first kappa shape index (κ1) is 22.9. The Hall–Kier alpha value is -3.28. The van der Waals surface area contributed by atoms with E-state index in [1.54, 1.807) is 0 Å². The van der Waals surface area contributed by atoms with Crippen LogP contribution in [0.3, 0.4) is 0 Å². The summed E-state index contributed by atoms with van der Waals surface area (Å²) in [5.74, 6) is 0.754. The quantitative estimate of drug-likeness (QED) is 0.614. The summed E-state index contributed by atoms with van der Waals surface area (Å²) in [6.07, 6.45) is 4.07. The first-order valence-electron chi connectivity index (χ1n) is 11.8. The van der Waals surface area contributed by atoms with Gasteiger partial charge in [-0.25, -0.2) is 9.97 Å². The fourth-order valence-corrected chi connectivity index (χ4v) is 4.87. The topological polar surface area (TPSA) is 85.0 Å². The zero-order valence-electron chi connectivity index (χ0n) is 19.8. The van der Waals surface area contributed by atoms with Crippen molar-refractivity contribution in [1.29, 1.82) is 0 Å². The predicted octanol–water partition coefficient (Wildman–Crippen LogP) is 4.31. The highest BCUT2D eigenvalue weighted by atomic mass is 16.2. The van der Waals surface area contributed by atoms with Crippen LogP contribution in [0.15, 0.2) is 42.5 Å². The SMILES string of the molecule is Cc1cc(Cc2ccccc2)cc([C@@H]2CCCN(C(=O)CCc3c(C)nc(N)nc3C)C2)n1. The summed E-state index contributed by atoms with van der Waals surface area (Å²) in [5, 5.41) is 0. The smallest absolute Gasteiger partial charge is 0.222 e. The number of carbonyl (C=O) groups is 1. The third-order valence-electron chi connectivity index (χ3n) is 6.50. The van der Waals surface area contributed by atoms with Crippen LogP contribution in [-0.4, -0.2) is 38.8 Å². The monoisotopic (exact) mass is 443 g/mol. The zero-order chi connectivity index (χ0) is 23.4. The lowest BCUT2D eigenvalue weighted by Gasteiger charge is -2.33. The molecule has 0 bridgehead atoms. The molecule has 1 aliphatic rings. The van der Waals surface area contributed by atoms with Crippen molar-refractivity contribution in [3.05, 3.63) is 81.9 Å². The molecule has 1 aliphatic heterocycles. The highest BCUT2D eigenvalue weighted by Crippen LogP contribution is 2.28. The molecule has 4 rings (SSSR count). The van der Waals surface area contributed by atoms with E-state index in [1.807, 2.05) is 24.8 Å². The highest BCUT2D eigenvalue weighted by molar-refractivity contribution is 5.76. The molecule has 2 aromatic heterocycles. The molecule has 6 nitrogen and oxygen atoms in total. The molecule has 0 aliphatic carbocycles. The van der Waals surface area contributed by atoms with Gasteiger partial charge in [-0.2, -0.15) is 0 Å². The number of amides is 1. The van der Waals surface area contributed by atoms with Crippen molar-refractivity contribution in [2.24, 2.45) is 0 Å². The van der Waals surface area contributed by atoms with Gasteiger partial charge in [0.05, 0.1) is 0 Å². The van der Waals surface area contributed by atoms with E-state index < -0.39 is 0 Å². The fraction of sp³-hybridized carbons (Fsp3) is 0.407. The van der Waals surface area contributed by atoms with Crippen LogP contribution >= 0.6 is 0 Å². The number of anilines is 1. The van der Waals surface area contributed by atoms with Crippen LogP contribution in [0, 0.1) is 20.8 Å². The summed E-state index contributed by atoms with van der Waals surface area (Å²) in [5.41, 5.74) is 13.2. The molecule has 6 heteroatoms. The van der Waals surface area contributed by atoms with Crippen LogP contribution in [0.25, 0.3) is 0 Å². The molecular weight excluding hydrogens is 410 g/mol. The van der Waals surface area contributed by atoms with Crippen molar-refractivity contribution in [2.45, 2.75) is 58.8 Å². The van der Waals surface area contributed by atoms with Crippen molar-refractivity contribution in [1.82, 2.24) is 19.9 Å². The van der Waals surface area contributed by atoms with Gasteiger partial charge in [0.25, 0.3) is 0 Å². The van der Waals surface area contributed by atoms with E-state index in [9.17, 15) is 4.79 Å². The first-order valence-corrected chi connectivity index (χ1v) is 11.8. The molecular formula is C27H33N5O. The van der Waals surface area contributed by atoms with Crippen molar-refractivity contribution >= 4 is 11.9 Å². The zero-order valence-corrected chi connectivity index (χ0v) is 19.8. The second kappa shape index (κ2) is 10.1. The largest absolute Gasteiger partial charge is 0.368 e. The average Bonchev–Trinajstić information content (AvgIpc) is 2.78. The lowest BCUT2D eigenvalue weighted by Crippen LogP contribution is -2.39. The van der Waals surface area contributed by atoms with Crippen LogP contribution in [0.1, 0.15) is 64.6 Å². The molecule has 2 N–H and O–H groups in total. The summed E-state index contributed by atoms with van der Waals surface area (Å²) < 4.78 is 0. The number of hydrogen-bond donors (Lipinski definition) is 1. The number of carbonyl (C=O) groups excluding carboxylic acids is 1. The van der Waals surface area contributed by atoms with Gasteiger partial charge in [-0.05, 0) is 75.3 Å². The number of aromatic nitrogens is 3. The molecule has 1 amide bonds. The Kier molecular flexibility index (Phi) is 7.02. The van der Waals surface area contributed by atoms with Gasteiger partial charge in [0.15, 0.2) is 0 Å². The van der Waals surface area contributed by atoms with E-state index in [0.717, 1.165) is 60.7 Å². The van der Waals surface area contributed by atoms with Gasteiger partial charge in [0.2, 0.25) is 11.9 Å². The van der Waals surface area contributed by atoms with Gasteiger partial charge in [-0.15, -0.1) is 0 Å². The second-order valence-electron chi connectivity index (χ2n) is 9.11. The van der Waals surface area contributed by atoms with Crippen molar-refractivity contribution in [3.63, 3.8) is 0 Å². The maximum absolute atomic E-state index is 13.1. The number of piperidine rings is 1. The summed E-state index contributed by atoms with van der Waals surface area (Å²) in [6, 6.07) is 14.9. The minimum atomic E-state index is 0.187. The van der Waals surface area contributed by atoms with E-state index in [-0.39, 0.29) is 17.8 Å². The minimum absolute atomic E-state index is 0.187. The molecule has 33 heavy (non-hydrogen) atoms. The van der Waals surface area contributed by atoms with Crippen molar-refractivity contribution in [3.8, 4) is 0 Å². The molecule has 1 fully saturated rings. The number of hydrogen-bond acceptors (Lipinski definition) is 5. The van der Waals surface area contributed by atoms with Crippen LogP contribution in [0.5, 0.6) is 0 Å². The first-order chi connectivity index (χ1) is 15.9. The molecule has 3 aromatic rings. The lowest BCUT2D eigenvalue weighted by atomic mass is 9.92. The predicted molar refractivity (Wildman–Crippen MR) is 131 cm³/mol. The number of pyridine rings is 1. The Morgan fingerprint density at radius 2 is 1.76 bits per heavy atom. The van der Waals surface area contributed by atoms with E-state index in [0.29, 0.717) is 12.8 Å². The van der Waals surface area contributed by atoms with Crippen LogP contribution in [0.4, 0.5) is 5.95 Å². The normalized spacial score (nSPS) is 16.1. The van der Waals surface area contributed by atoms with Crippen LogP contribution in [0.2, 0.25) is 0 Å². The Labute approximate surface area is 196 Å². The maximum Gasteiger partial charge on any atom is 0.222 e. The Bertz CT molecular complexity index is 1110. The van der Waals surface area contributed by atoms with Crippen LogP contribution < -0.4 is 5.73 Å². The van der Waals surface area contributed by atoms with E-state index in [4.69, 9.17) is 10.7 Å². The molecule has 0 spiro atoms. The summed E-state index contributed by atoms with van der Waals surface area (Å²) in [4.78, 5) is 28.4. The summed E-state index contributed by atoms with van der Waals surface area (Å²) in [7, 11) is 0. The summed E-state index contributed by atoms with van der Waals surface area (Å²) >= 11 is 0. The standard InChI is InChI=1S/C27H33N5O/c1-18-14-22(15-21-8-5-4-6-9-21)16-25(29-18)23-10-7-13-32(17-23)26(33)12-11-24-19(2)30-27(28)31-20(24)3/h4-6,8-9,14,16,23H,7,10-13,15,17H2,1-3H3,(H2,28,30,31)/t23-/m1/s1. The Morgan fingerprint density at radius 3 is 2.48 bits per heavy atom. The molecule has 0 saturated carbocycles. The van der Waals surface area contributed by atoms with Gasteiger partial charge < -0.3 is 10.6 Å². The number of nitrogens with zero attached hydrogens (tertiary/aromatic N) is 4. The van der Waals surface area contributed by atoms with E-state index in [2.05, 4.69) is 53.3 Å². The van der Waals surface area contributed by atoms with Gasteiger partial charge in [0, 0.05) is 48.2 Å². The van der Waals surface area contributed by atoms with E-state index >= 15 is 0 Å². The molecule has 1 saturated heterocycles. The lowest BCUT2D eigenvalue weighted by molar-refractivity contribution is -0.132. The Morgan fingerprint density at radius 1 is 1.03 bits per heavy atom. The highest BCUT2D eigenvalue weighted by Gasteiger charge is 2.26. The number of likely N-dealkylation sites (tertiary alicyclic amines) is 1. The van der Waals surface area contributed by atoms with Crippen molar-refractivity contribution in [2.75, 3.05) is 18.8 Å². The minimum Gasteiger partial charge on any atom is -0.368 e. The summed E-state index contributed by atoms with van der Waals surface area (Å²) in [6.45, 7) is 7.46. The molecule has 1 aromatic carbocycles. The number of aryl methyl sites for hydroxylation is 3. The Balaban J connectivity index is 1.42. The second-order valence-corrected chi connectivity index (χ2v) is 9.11.